The maximum atomic E-state index is 14.6. The van der Waals surface area contributed by atoms with Crippen LogP contribution in [0.1, 0.15) is 156 Å². The molecule has 9 nitrogen and oxygen atoms in total. The number of hydrogen-bond acceptors (Lipinski definition) is 6. The van der Waals surface area contributed by atoms with Crippen LogP contribution in [0.5, 0.6) is 5.75 Å². The Morgan fingerprint density at radius 3 is 1.99 bits per heavy atom. The lowest BCUT2D eigenvalue weighted by Crippen LogP contribution is -2.33. The van der Waals surface area contributed by atoms with Gasteiger partial charge in [-0.2, -0.15) is 0 Å². The van der Waals surface area contributed by atoms with E-state index in [1.165, 1.54) is 67.3 Å². The minimum Gasteiger partial charge on any atom is -0.480 e. The third kappa shape index (κ3) is 14.7. The van der Waals surface area contributed by atoms with Gasteiger partial charge in [0.2, 0.25) is 5.91 Å². The molecule has 5 aromatic rings. The van der Waals surface area contributed by atoms with Crippen LogP contribution in [0.3, 0.4) is 0 Å². The lowest BCUT2D eigenvalue weighted by molar-refractivity contribution is -0.123. The molecule has 1 unspecified atom stereocenters. The number of carbonyl (C=O) groups excluding carboxylic acids is 2. The molecule has 1 heterocycles. The molecular formula is C54H69Cl4N5O4S. The fourth-order valence-electron chi connectivity index (χ4n) is 7.77. The van der Waals surface area contributed by atoms with Crippen LogP contribution in [0.2, 0.25) is 20.1 Å². The van der Waals surface area contributed by atoms with Crippen molar-refractivity contribution in [3.05, 3.63) is 114 Å². The molecule has 1 aromatic heterocycles. The summed E-state index contributed by atoms with van der Waals surface area (Å²) in [6.45, 7) is 17.4. The van der Waals surface area contributed by atoms with E-state index >= 15 is 0 Å². The Labute approximate surface area is 428 Å². The Morgan fingerprint density at radius 1 is 0.721 bits per heavy atom. The molecule has 0 radical (unpaired) electrons. The van der Waals surface area contributed by atoms with Gasteiger partial charge in [-0.05, 0) is 90.6 Å². The summed E-state index contributed by atoms with van der Waals surface area (Å²) in [5.41, 5.74) is 3.21. The number of halogens is 4. The number of carbonyl (C=O) groups is 2. The lowest BCUT2D eigenvalue weighted by Gasteiger charge is -2.31. The predicted molar refractivity (Wildman–Crippen MR) is 288 cm³/mol. The van der Waals surface area contributed by atoms with Crippen molar-refractivity contribution in [2.75, 3.05) is 16.0 Å². The van der Waals surface area contributed by atoms with Crippen LogP contribution >= 0.6 is 58.2 Å². The van der Waals surface area contributed by atoms with Gasteiger partial charge in [0.25, 0.3) is 11.5 Å². The molecular weight excluding hydrogens is 957 g/mol. The van der Waals surface area contributed by atoms with E-state index in [0.717, 1.165) is 49.4 Å². The zero-order valence-corrected chi connectivity index (χ0v) is 44.7. The zero-order valence-electron chi connectivity index (χ0n) is 40.9. The molecule has 0 saturated carbocycles. The van der Waals surface area contributed by atoms with E-state index in [2.05, 4.69) is 81.6 Å². The Kier molecular flexibility index (Phi) is 20.7. The number of unbranched alkanes of at least 4 members (excludes halogenated alkanes) is 9. The molecule has 0 fully saturated rings. The lowest BCUT2D eigenvalue weighted by atomic mass is 9.76. The fraction of sp³-hybridized carbons (Fsp3) is 0.463. The first kappa shape index (κ1) is 54.9. The van der Waals surface area contributed by atoms with Gasteiger partial charge in [0.15, 0.2) is 6.10 Å². The SMILES string of the molecule is CCCCCCCCCCCCC(=O)Nc1ccc(Cl)c(Nc2[nH]n(-c3c(Cl)cc(Cl)cc3Cl)c(=O)c2Sc2ccccc2NC(=O)C(CC)Oc2ccc(C(C)(C)CC)cc2C(C)(C)CC)c1. The summed E-state index contributed by atoms with van der Waals surface area (Å²) in [7, 11) is 0. The molecule has 0 aliphatic rings. The van der Waals surface area contributed by atoms with Crippen LogP contribution in [-0.4, -0.2) is 27.7 Å². The summed E-state index contributed by atoms with van der Waals surface area (Å²) in [4.78, 5) is 42.6. The number of para-hydroxylation sites is 1. The van der Waals surface area contributed by atoms with E-state index < -0.39 is 11.7 Å². The van der Waals surface area contributed by atoms with Crippen molar-refractivity contribution < 1.29 is 14.3 Å². The first-order valence-electron chi connectivity index (χ1n) is 24.2. The number of anilines is 4. The van der Waals surface area contributed by atoms with Crippen LogP contribution < -0.4 is 26.2 Å². The second-order valence-corrected chi connectivity index (χ2v) is 21.5. The van der Waals surface area contributed by atoms with E-state index in [9.17, 15) is 14.4 Å². The normalized spacial score (nSPS) is 12.2. The minimum atomic E-state index is -0.815. The Morgan fingerprint density at radius 2 is 1.35 bits per heavy atom. The van der Waals surface area contributed by atoms with Crippen molar-refractivity contribution in [3.8, 4) is 11.4 Å². The van der Waals surface area contributed by atoms with E-state index in [1.807, 2.05) is 31.2 Å². The smallest absolute Gasteiger partial charge is 0.287 e. The molecule has 0 saturated heterocycles. The molecule has 14 heteroatoms. The first-order chi connectivity index (χ1) is 32.4. The molecule has 0 aliphatic carbocycles. The fourth-order valence-corrected chi connectivity index (χ4v) is 9.90. The van der Waals surface area contributed by atoms with Gasteiger partial charge in [-0.1, -0.05) is 196 Å². The van der Waals surface area contributed by atoms with E-state index in [4.69, 9.17) is 51.1 Å². The summed E-state index contributed by atoms with van der Waals surface area (Å²) >= 11 is 27.5. The number of nitrogens with zero attached hydrogens (tertiary/aromatic N) is 1. The summed E-state index contributed by atoms with van der Waals surface area (Å²) in [5, 5.41) is 13.5. The largest absolute Gasteiger partial charge is 0.480 e. The Balaban J connectivity index is 1.39. The molecule has 0 spiro atoms. The number of amides is 2. The van der Waals surface area contributed by atoms with Crippen LogP contribution in [0.25, 0.3) is 5.69 Å². The van der Waals surface area contributed by atoms with Crippen molar-refractivity contribution in [2.45, 2.75) is 172 Å². The Bertz CT molecular complexity index is 2530. The molecule has 368 valence electrons. The summed E-state index contributed by atoms with van der Waals surface area (Å²) in [6.07, 6.45) is 13.7. The molecule has 4 aromatic carbocycles. The van der Waals surface area contributed by atoms with E-state index in [-0.39, 0.29) is 49.1 Å². The maximum Gasteiger partial charge on any atom is 0.287 e. The molecule has 0 aliphatic heterocycles. The summed E-state index contributed by atoms with van der Waals surface area (Å²) in [6, 6.07) is 21.7. The van der Waals surface area contributed by atoms with E-state index in [1.54, 1.807) is 24.3 Å². The summed E-state index contributed by atoms with van der Waals surface area (Å²) in [5.74, 6) is 0.516. The van der Waals surface area contributed by atoms with Crippen molar-refractivity contribution >= 4 is 92.9 Å². The Hall–Kier alpha value is -4.06. The molecule has 2 amide bonds. The first-order valence-corrected chi connectivity index (χ1v) is 26.5. The number of aromatic amines is 1. The van der Waals surface area contributed by atoms with Gasteiger partial charge in [0, 0.05) is 27.6 Å². The average molecular weight is 1030 g/mol. The van der Waals surface area contributed by atoms with Crippen molar-refractivity contribution in [2.24, 2.45) is 0 Å². The van der Waals surface area contributed by atoms with Crippen molar-refractivity contribution in [1.29, 1.82) is 0 Å². The maximum absolute atomic E-state index is 14.6. The van der Waals surface area contributed by atoms with Gasteiger partial charge in [-0.15, -0.1) is 0 Å². The van der Waals surface area contributed by atoms with Crippen molar-refractivity contribution in [3.63, 3.8) is 0 Å². The third-order valence-electron chi connectivity index (χ3n) is 12.9. The molecule has 1 atom stereocenters. The molecule has 0 bridgehead atoms. The van der Waals surface area contributed by atoms with Gasteiger partial charge in [0.1, 0.15) is 22.2 Å². The highest BCUT2D eigenvalue weighted by Crippen LogP contribution is 2.41. The predicted octanol–water partition coefficient (Wildman–Crippen LogP) is 17.1. The molecule has 68 heavy (non-hydrogen) atoms. The number of H-pyrrole nitrogens is 1. The number of benzene rings is 4. The molecule has 5 rings (SSSR count). The van der Waals surface area contributed by atoms with Gasteiger partial charge in [0.05, 0.1) is 26.4 Å². The second kappa shape index (κ2) is 25.7. The number of nitrogens with one attached hydrogen (secondary N) is 4. The highest BCUT2D eigenvalue weighted by Gasteiger charge is 2.30. The standard InChI is InChI=1S/C54H69Cl4N5O4S/c1-9-13-14-15-16-17-18-19-20-21-26-47(64)59-37-28-29-39(56)43(34-37)60-50-49(52(66)63(62-50)48-40(57)32-36(55)33-41(48)58)68-46-25-23-22-24-42(46)61-51(65)44(10-2)67-45-30-27-35(53(5,6)11-3)31-38(45)54(7,8)12-4/h22-25,27-34,44,60,62H,9-21,26H2,1-8H3,(H,59,64)(H,61,65). The zero-order chi connectivity index (χ0) is 49.6. The van der Waals surface area contributed by atoms with Gasteiger partial charge in [-0.25, -0.2) is 4.68 Å². The van der Waals surface area contributed by atoms with Crippen LogP contribution in [0, 0.1) is 0 Å². The van der Waals surface area contributed by atoms with Gasteiger partial charge >= 0.3 is 0 Å². The van der Waals surface area contributed by atoms with Crippen molar-refractivity contribution in [1.82, 2.24) is 9.78 Å². The quantitative estimate of drug-likeness (QED) is 0.0410. The molecule has 4 N–H and O–H groups in total. The topological polar surface area (TPSA) is 117 Å². The van der Waals surface area contributed by atoms with Gasteiger partial charge < -0.3 is 20.7 Å². The van der Waals surface area contributed by atoms with E-state index in [0.29, 0.717) is 50.6 Å². The third-order valence-corrected chi connectivity index (χ3v) is 15.2. The van der Waals surface area contributed by atoms with Crippen LogP contribution in [0.4, 0.5) is 22.9 Å². The summed E-state index contributed by atoms with van der Waals surface area (Å²) < 4.78 is 7.84. The minimum absolute atomic E-state index is 0.0227. The van der Waals surface area contributed by atoms with Crippen LogP contribution in [-0.2, 0) is 20.4 Å². The number of aromatic nitrogens is 2. The highest BCUT2D eigenvalue weighted by molar-refractivity contribution is 7.99. The highest BCUT2D eigenvalue weighted by atomic mass is 35.5. The monoisotopic (exact) mass is 1020 g/mol. The number of ether oxygens (including phenoxy) is 1. The van der Waals surface area contributed by atoms with Crippen LogP contribution in [0.15, 0.2) is 87.4 Å². The average Bonchev–Trinajstić information content (AvgIpc) is 3.59. The number of rotatable bonds is 26. The number of hydrogen-bond donors (Lipinski definition) is 4. The second-order valence-electron chi connectivity index (χ2n) is 18.8. The van der Waals surface area contributed by atoms with Gasteiger partial charge in [-0.3, -0.25) is 19.5 Å².